The average molecular weight is 429 g/mol. The zero-order valence-electron chi connectivity index (χ0n) is 15.4. The molecule has 0 spiro atoms. The van der Waals surface area contributed by atoms with Crippen molar-refractivity contribution in [3.05, 3.63) is 83.4 Å². The topological polar surface area (TPSA) is 66.9 Å². The van der Waals surface area contributed by atoms with Gasteiger partial charge in [0.05, 0.1) is 25.0 Å². The maximum atomic E-state index is 13.4. The number of carbonyl (C=O) groups is 1. The molecule has 29 heavy (non-hydrogen) atoms. The lowest BCUT2D eigenvalue weighted by atomic mass is 10.2. The lowest BCUT2D eigenvalue weighted by molar-refractivity contribution is 0.253. The van der Waals surface area contributed by atoms with Crippen LogP contribution in [-0.4, -0.2) is 21.6 Å². The first-order valence-corrected chi connectivity index (χ1v) is 10.6. The van der Waals surface area contributed by atoms with E-state index in [0.717, 1.165) is 9.87 Å². The van der Waals surface area contributed by atoms with Gasteiger partial charge in [-0.3, -0.25) is 4.90 Å². The lowest BCUT2D eigenvalue weighted by Crippen LogP contribution is -2.50. The molecule has 1 aliphatic rings. The summed E-state index contributed by atoms with van der Waals surface area (Å²) >= 11 is 6.08. The van der Waals surface area contributed by atoms with Crippen LogP contribution >= 0.6 is 11.6 Å². The molecule has 3 aromatic carbocycles. The minimum Gasteiger partial charge on any atom is -0.497 e. The van der Waals surface area contributed by atoms with Gasteiger partial charge in [0.25, 0.3) is 10.0 Å². The second kappa shape index (κ2) is 7.42. The Kier molecular flexibility index (Phi) is 4.94. The van der Waals surface area contributed by atoms with Crippen LogP contribution in [0.1, 0.15) is 5.56 Å². The van der Waals surface area contributed by atoms with E-state index in [1.807, 2.05) is 6.07 Å². The van der Waals surface area contributed by atoms with Crippen molar-refractivity contribution in [3.8, 4) is 5.75 Å². The molecule has 0 saturated heterocycles. The molecule has 4 rings (SSSR count). The van der Waals surface area contributed by atoms with Crippen molar-refractivity contribution in [3.63, 3.8) is 0 Å². The first-order chi connectivity index (χ1) is 13.9. The molecule has 0 unspecified atom stereocenters. The number of nitrogens with zero attached hydrogens (tertiary/aromatic N) is 2. The molecule has 8 heteroatoms. The molecular weight excluding hydrogens is 412 g/mol. The van der Waals surface area contributed by atoms with Crippen LogP contribution in [0.25, 0.3) is 0 Å². The van der Waals surface area contributed by atoms with Crippen molar-refractivity contribution in [2.24, 2.45) is 0 Å². The summed E-state index contributed by atoms with van der Waals surface area (Å²) < 4.78 is 32.4. The Morgan fingerprint density at radius 3 is 2.38 bits per heavy atom. The Labute approximate surface area is 173 Å². The van der Waals surface area contributed by atoms with Crippen LogP contribution in [0.4, 0.5) is 16.2 Å². The number of carbonyl (C=O) groups excluding carboxylic acids is 1. The molecule has 0 saturated carbocycles. The van der Waals surface area contributed by atoms with Crippen LogP contribution in [0.15, 0.2) is 77.7 Å². The highest BCUT2D eigenvalue weighted by Crippen LogP contribution is 2.38. The summed E-state index contributed by atoms with van der Waals surface area (Å²) in [4.78, 5) is 14.9. The Balaban J connectivity index is 1.84. The normalized spacial score (nSPS) is 15.2. The molecule has 6 nitrogen and oxygen atoms in total. The summed E-state index contributed by atoms with van der Waals surface area (Å²) in [5.74, 6) is 0.562. The van der Waals surface area contributed by atoms with Crippen molar-refractivity contribution >= 4 is 39.0 Å². The Bertz CT molecular complexity index is 1180. The Hall–Kier alpha value is -3.03. The summed E-state index contributed by atoms with van der Waals surface area (Å²) in [6.07, 6.45) is 0. The SMILES string of the molecule is COc1ccc(N2C(=O)N(Cc3cccc(Cl)c3)c3ccccc3S2(=O)=O)cc1. The van der Waals surface area contributed by atoms with Gasteiger partial charge in [-0.05, 0) is 54.1 Å². The van der Waals surface area contributed by atoms with Crippen LogP contribution in [-0.2, 0) is 16.6 Å². The van der Waals surface area contributed by atoms with Crippen molar-refractivity contribution < 1.29 is 17.9 Å². The minimum atomic E-state index is -4.06. The van der Waals surface area contributed by atoms with Crippen LogP contribution in [0.3, 0.4) is 0 Å². The average Bonchev–Trinajstić information content (AvgIpc) is 2.72. The second-order valence-corrected chi connectivity index (χ2v) is 8.63. The highest BCUT2D eigenvalue weighted by molar-refractivity contribution is 7.94. The molecule has 0 aliphatic carbocycles. The van der Waals surface area contributed by atoms with Gasteiger partial charge in [0.15, 0.2) is 0 Å². The van der Waals surface area contributed by atoms with E-state index in [1.54, 1.807) is 60.7 Å². The molecule has 2 amide bonds. The van der Waals surface area contributed by atoms with E-state index in [9.17, 15) is 13.2 Å². The fourth-order valence-electron chi connectivity index (χ4n) is 3.25. The van der Waals surface area contributed by atoms with E-state index >= 15 is 0 Å². The van der Waals surface area contributed by atoms with E-state index in [1.165, 1.54) is 18.1 Å². The van der Waals surface area contributed by atoms with Gasteiger partial charge in [-0.2, -0.15) is 4.31 Å². The van der Waals surface area contributed by atoms with Crippen molar-refractivity contribution in [2.45, 2.75) is 11.4 Å². The number of para-hydroxylation sites is 1. The molecule has 1 aliphatic heterocycles. The van der Waals surface area contributed by atoms with Crippen LogP contribution in [0.2, 0.25) is 5.02 Å². The number of halogens is 1. The predicted octanol–water partition coefficient (Wildman–Crippen LogP) is 4.68. The van der Waals surface area contributed by atoms with Gasteiger partial charge < -0.3 is 4.74 Å². The number of rotatable bonds is 4. The first-order valence-electron chi connectivity index (χ1n) is 8.76. The predicted molar refractivity (Wildman–Crippen MR) is 112 cm³/mol. The number of hydrogen-bond donors (Lipinski definition) is 0. The number of benzene rings is 3. The Morgan fingerprint density at radius 1 is 0.966 bits per heavy atom. The molecule has 0 aromatic heterocycles. The number of amides is 2. The van der Waals surface area contributed by atoms with Crippen LogP contribution in [0.5, 0.6) is 5.75 Å². The largest absolute Gasteiger partial charge is 0.497 e. The third-order valence-electron chi connectivity index (χ3n) is 4.62. The third kappa shape index (κ3) is 3.43. The van der Waals surface area contributed by atoms with Gasteiger partial charge in [0.2, 0.25) is 0 Å². The standard InChI is InChI=1S/C21H17ClN2O4S/c1-28-18-11-9-17(10-12-18)24-21(25)23(14-15-5-4-6-16(22)13-15)19-7-2-3-8-20(19)29(24,26)27/h2-13H,14H2,1H3. The third-order valence-corrected chi connectivity index (χ3v) is 6.60. The summed E-state index contributed by atoms with van der Waals surface area (Å²) in [7, 11) is -2.55. The smallest absolute Gasteiger partial charge is 0.343 e. The molecule has 0 bridgehead atoms. The zero-order valence-corrected chi connectivity index (χ0v) is 17.0. The number of hydrogen-bond acceptors (Lipinski definition) is 4. The van der Waals surface area contributed by atoms with E-state index in [-0.39, 0.29) is 17.1 Å². The molecule has 148 valence electrons. The molecule has 0 fully saturated rings. The number of urea groups is 1. The molecule has 1 heterocycles. The Morgan fingerprint density at radius 2 is 1.69 bits per heavy atom. The number of ether oxygens (including phenoxy) is 1. The number of anilines is 2. The van der Waals surface area contributed by atoms with Gasteiger partial charge >= 0.3 is 6.03 Å². The van der Waals surface area contributed by atoms with E-state index in [4.69, 9.17) is 16.3 Å². The summed E-state index contributed by atoms with van der Waals surface area (Å²) in [6.45, 7) is 0.179. The van der Waals surface area contributed by atoms with Crippen molar-refractivity contribution in [1.29, 1.82) is 0 Å². The van der Waals surface area contributed by atoms with E-state index in [0.29, 0.717) is 16.5 Å². The van der Waals surface area contributed by atoms with Gasteiger partial charge in [0.1, 0.15) is 10.6 Å². The minimum absolute atomic E-state index is 0.0671. The highest BCUT2D eigenvalue weighted by Gasteiger charge is 2.42. The quantitative estimate of drug-likeness (QED) is 0.605. The van der Waals surface area contributed by atoms with Crippen LogP contribution < -0.4 is 13.9 Å². The zero-order chi connectivity index (χ0) is 20.6. The second-order valence-electron chi connectivity index (χ2n) is 6.43. The van der Waals surface area contributed by atoms with Gasteiger partial charge in [-0.25, -0.2) is 13.2 Å². The maximum Gasteiger partial charge on any atom is 0.343 e. The van der Waals surface area contributed by atoms with Gasteiger partial charge in [-0.15, -0.1) is 0 Å². The first kappa shape index (κ1) is 19.3. The number of fused-ring (bicyclic) bond motifs is 1. The molecule has 0 N–H and O–H groups in total. The molecular formula is C21H17ClN2O4S. The lowest BCUT2D eigenvalue weighted by Gasteiger charge is -2.36. The van der Waals surface area contributed by atoms with Crippen molar-refractivity contribution in [1.82, 2.24) is 0 Å². The molecule has 0 radical (unpaired) electrons. The van der Waals surface area contributed by atoms with Gasteiger partial charge in [-0.1, -0.05) is 35.9 Å². The number of methoxy groups -OCH3 is 1. The maximum absolute atomic E-state index is 13.4. The van der Waals surface area contributed by atoms with Crippen molar-refractivity contribution in [2.75, 3.05) is 16.3 Å². The molecule has 0 atom stereocenters. The monoisotopic (exact) mass is 428 g/mol. The van der Waals surface area contributed by atoms with E-state index in [2.05, 4.69) is 0 Å². The van der Waals surface area contributed by atoms with E-state index < -0.39 is 16.1 Å². The van der Waals surface area contributed by atoms with Gasteiger partial charge in [0, 0.05) is 5.02 Å². The van der Waals surface area contributed by atoms with Crippen LogP contribution in [0, 0.1) is 0 Å². The highest BCUT2D eigenvalue weighted by atomic mass is 35.5. The molecule has 3 aromatic rings. The summed E-state index contributed by atoms with van der Waals surface area (Å²) in [6, 6.07) is 19.2. The fourth-order valence-corrected chi connectivity index (χ4v) is 5.06. The summed E-state index contributed by atoms with van der Waals surface area (Å²) in [5.41, 5.74) is 1.36. The summed E-state index contributed by atoms with van der Waals surface area (Å²) in [5, 5.41) is 0.542. The number of sulfonamides is 1. The fraction of sp³-hybridized carbons (Fsp3) is 0.0952.